The van der Waals surface area contributed by atoms with Gasteiger partial charge in [-0.15, -0.1) is 11.6 Å². The topological polar surface area (TPSA) is 17.1 Å². The number of rotatable bonds is 3. The van der Waals surface area contributed by atoms with E-state index in [1.54, 1.807) is 0 Å². The molecule has 1 aliphatic carbocycles. The third-order valence-electron chi connectivity index (χ3n) is 3.10. The van der Waals surface area contributed by atoms with Gasteiger partial charge in [0.25, 0.3) is 0 Å². The van der Waals surface area contributed by atoms with Crippen molar-refractivity contribution in [2.75, 3.05) is 0 Å². The van der Waals surface area contributed by atoms with Crippen LogP contribution in [0, 0.1) is 5.92 Å². The van der Waals surface area contributed by atoms with E-state index in [2.05, 4.69) is 0 Å². The molecule has 1 atom stereocenters. The molecule has 0 heterocycles. The molecule has 0 radical (unpaired) electrons. The fourth-order valence-electron chi connectivity index (χ4n) is 2.20. The van der Waals surface area contributed by atoms with Gasteiger partial charge in [0, 0.05) is 5.92 Å². The van der Waals surface area contributed by atoms with Gasteiger partial charge in [0.15, 0.2) is 5.78 Å². The summed E-state index contributed by atoms with van der Waals surface area (Å²) in [6.07, 6.45) is 4.40. The molecule has 1 unspecified atom stereocenters. The maximum Gasteiger partial charge on any atom is 0.158 e. The summed E-state index contributed by atoms with van der Waals surface area (Å²) in [5, 5.41) is -0.450. The van der Waals surface area contributed by atoms with Crippen molar-refractivity contribution >= 4 is 17.4 Å². The number of Topliss-reactive ketones (excluding diaryl/α,β-unsaturated/α-hetero) is 1. The molecule has 2 heteroatoms. The summed E-state index contributed by atoms with van der Waals surface area (Å²) in [5.74, 6) is 0.410. The maximum atomic E-state index is 12.0. The minimum absolute atomic E-state index is 0.202. The minimum atomic E-state index is -0.450. The average molecular weight is 223 g/mol. The van der Waals surface area contributed by atoms with Gasteiger partial charge in [0.1, 0.15) is 5.38 Å². The average Bonchev–Trinajstić information content (AvgIpc) is 2.82. The molecule has 1 fully saturated rings. The highest BCUT2D eigenvalue weighted by molar-refractivity contribution is 6.31. The van der Waals surface area contributed by atoms with Gasteiger partial charge in [-0.25, -0.2) is 0 Å². The smallest absolute Gasteiger partial charge is 0.158 e. The Labute approximate surface area is 95.4 Å². The zero-order chi connectivity index (χ0) is 10.7. The molecule has 2 rings (SSSR count). The lowest BCUT2D eigenvalue weighted by Gasteiger charge is -2.13. The molecule has 0 aromatic heterocycles. The molecule has 0 saturated heterocycles. The molecule has 1 nitrogen and oxygen atoms in total. The molecule has 80 valence electrons. The summed E-state index contributed by atoms with van der Waals surface area (Å²) >= 11 is 6.19. The van der Waals surface area contributed by atoms with Crippen molar-refractivity contribution in [3.8, 4) is 0 Å². The standard InChI is InChI=1S/C13H15ClO/c14-12(10-6-2-1-3-7-10)13(15)11-8-4-5-9-11/h1-3,6-7,11-12H,4-5,8-9H2. The van der Waals surface area contributed by atoms with E-state index in [1.807, 2.05) is 30.3 Å². The van der Waals surface area contributed by atoms with Crippen LogP contribution in [0.5, 0.6) is 0 Å². The third kappa shape index (κ3) is 2.40. The second kappa shape index (κ2) is 4.80. The third-order valence-corrected chi connectivity index (χ3v) is 3.57. The van der Waals surface area contributed by atoms with E-state index in [9.17, 15) is 4.79 Å². The molecule has 0 N–H and O–H groups in total. The van der Waals surface area contributed by atoms with Crippen LogP contribution in [0.25, 0.3) is 0 Å². The van der Waals surface area contributed by atoms with Crippen molar-refractivity contribution in [1.82, 2.24) is 0 Å². The Morgan fingerprint density at radius 3 is 2.40 bits per heavy atom. The summed E-state index contributed by atoms with van der Waals surface area (Å²) in [6, 6.07) is 9.63. The lowest BCUT2D eigenvalue weighted by atomic mass is 9.96. The molecule has 1 saturated carbocycles. The molecular formula is C13H15ClO. The van der Waals surface area contributed by atoms with Gasteiger partial charge in [-0.2, -0.15) is 0 Å². The number of hydrogen-bond acceptors (Lipinski definition) is 1. The van der Waals surface area contributed by atoms with Crippen molar-refractivity contribution in [3.63, 3.8) is 0 Å². The van der Waals surface area contributed by atoms with E-state index in [0.717, 1.165) is 18.4 Å². The van der Waals surface area contributed by atoms with Crippen LogP contribution in [0.2, 0.25) is 0 Å². The van der Waals surface area contributed by atoms with Crippen molar-refractivity contribution in [1.29, 1.82) is 0 Å². The second-order valence-electron chi connectivity index (χ2n) is 4.16. The minimum Gasteiger partial charge on any atom is -0.297 e. The van der Waals surface area contributed by atoms with E-state index in [-0.39, 0.29) is 11.7 Å². The molecule has 0 spiro atoms. The molecule has 0 amide bonds. The number of carbonyl (C=O) groups excluding carboxylic acids is 1. The number of benzene rings is 1. The summed E-state index contributed by atoms with van der Waals surface area (Å²) < 4.78 is 0. The van der Waals surface area contributed by atoms with E-state index in [0.29, 0.717) is 0 Å². The first-order chi connectivity index (χ1) is 7.29. The largest absolute Gasteiger partial charge is 0.297 e. The van der Waals surface area contributed by atoms with Gasteiger partial charge in [-0.3, -0.25) is 4.79 Å². The van der Waals surface area contributed by atoms with Gasteiger partial charge >= 0.3 is 0 Å². The first-order valence-electron chi connectivity index (χ1n) is 5.52. The zero-order valence-electron chi connectivity index (χ0n) is 8.66. The Hall–Kier alpha value is -0.820. The highest BCUT2D eigenvalue weighted by atomic mass is 35.5. The molecule has 1 aromatic rings. The van der Waals surface area contributed by atoms with Crippen LogP contribution in [0.3, 0.4) is 0 Å². The van der Waals surface area contributed by atoms with Crippen molar-refractivity contribution in [2.45, 2.75) is 31.1 Å². The summed E-state index contributed by atoms with van der Waals surface area (Å²) in [7, 11) is 0. The Balaban J connectivity index is 2.07. The lowest BCUT2D eigenvalue weighted by molar-refractivity contribution is -0.122. The van der Waals surface area contributed by atoms with Gasteiger partial charge in [-0.1, -0.05) is 43.2 Å². The SMILES string of the molecule is O=C(C1CCCC1)C(Cl)c1ccccc1. The molecule has 1 aliphatic rings. The van der Waals surface area contributed by atoms with Crippen LogP contribution in [0.4, 0.5) is 0 Å². The molecule has 0 bridgehead atoms. The summed E-state index contributed by atoms with van der Waals surface area (Å²) in [6.45, 7) is 0. The Bertz CT molecular complexity index is 328. The van der Waals surface area contributed by atoms with Crippen LogP contribution < -0.4 is 0 Å². The maximum absolute atomic E-state index is 12.0. The predicted molar refractivity (Wildman–Crippen MR) is 62.0 cm³/mol. The van der Waals surface area contributed by atoms with Crippen LogP contribution in [-0.4, -0.2) is 5.78 Å². The number of halogens is 1. The van der Waals surface area contributed by atoms with Crippen LogP contribution >= 0.6 is 11.6 Å². The highest BCUT2D eigenvalue weighted by Crippen LogP contribution is 2.33. The lowest BCUT2D eigenvalue weighted by Crippen LogP contribution is -2.16. The van der Waals surface area contributed by atoms with Gasteiger partial charge in [-0.05, 0) is 18.4 Å². The van der Waals surface area contributed by atoms with Gasteiger partial charge in [0.2, 0.25) is 0 Å². The predicted octanol–water partition coefficient (Wildman–Crippen LogP) is 3.73. The Morgan fingerprint density at radius 1 is 1.20 bits per heavy atom. The van der Waals surface area contributed by atoms with E-state index < -0.39 is 5.38 Å². The second-order valence-corrected chi connectivity index (χ2v) is 4.59. The highest BCUT2D eigenvalue weighted by Gasteiger charge is 2.28. The van der Waals surface area contributed by atoms with Crippen molar-refractivity contribution in [2.24, 2.45) is 5.92 Å². The van der Waals surface area contributed by atoms with E-state index in [4.69, 9.17) is 11.6 Å². The molecule has 1 aromatic carbocycles. The van der Waals surface area contributed by atoms with Gasteiger partial charge < -0.3 is 0 Å². The number of alkyl halides is 1. The zero-order valence-corrected chi connectivity index (χ0v) is 9.41. The van der Waals surface area contributed by atoms with Crippen LogP contribution in [0.1, 0.15) is 36.6 Å². The summed E-state index contributed by atoms with van der Waals surface area (Å²) in [4.78, 5) is 12.0. The van der Waals surface area contributed by atoms with Crippen LogP contribution in [-0.2, 0) is 4.79 Å². The van der Waals surface area contributed by atoms with E-state index in [1.165, 1.54) is 12.8 Å². The molecule has 0 aliphatic heterocycles. The number of hydrogen-bond donors (Lipinski definition) is 0. The normalized spacial score (nSPS) is 19.0. The number of ketones is 1. The summed E-state index contributed by atoms with van der Waals surface area (Å²) in [5.41, 5.74) is 0.927. The Morgan fingerprint density at radius 2 is 1.80 bits per heavy atom. The fraction of sp³-hybridized carbons (Fsp3) is 0.462. The quantitative estimate of drug-likeness (QED) is 0.713. The molecular weight excluding hydrogens is 208 g/mol. The van der Waals surface area contributed by atoms with Crippen molar-refractivity contribution in [3.05, 3.63) is 35.9 Å². The van der Waals surface area contributed by atoms with Gasteiger partial charge in [0.05, 0.1) is 0 Å². The number of carbonyl (C=O) groups is 1. The Kier molecular flexibility index (Phi) is 3.42. The monoisotopic (exact) mass is 222 g/mol. The molecule has 15 heavy (non-hydrogen) atoms. The van der Waals surface area contributed by atoms with E-state index >= 15 is 0 Å². The first-order valence-corrected chi connectivity index (χ1v) is 5.95. The fourth-order valence-corrected chi connectivity index (χ4v) is 2.53. The van der Waals surface area contributed by atoms with Crippen LogP contribution in [0.15, 0.2) is 30.3 Å². The van der Waals surface area contributed by atoms with Crippen molar-refractivity contribution < 1.29 is 4.79 Å². The first kappa shape index (κ1) is 10.7.